The van der Waals surface area contributed by atoms with E-state index in [4.69, 9.17) is 0 Å². The number of nitro groups is 1. The average Bonchev–Trinajstić information content (AvgIpc) is 2.46. The van der Waals surface area contributed by atoms with Crippen molar-refractivity contribution in [2.24, 2.45) is 0 Å². The molecule has 0 saturated carbocycles. The van der Waals surface area contributed by atoms with Crippen LogP contribution in [-0.2, 0) is 4.79 Å². The summed E-state index contributed by atoms with van der Waals surface area (Å²) < 4.78 is 0. The molecule has 0 aliphatic carbocycles. The summed E-state index contributed by atoms with van der Waals surface area (Å²) in [6.45, 7) is 3.57. The maximum absolute atomic E-state index is 11.3. The third kappa shape index (κ3) is 2.94. The Labute approximate surface area is 116 Å². The van der Waals surface area contributed by atoms with Crippen molar-refractivity contribution in [2.75, 3.05) is 19.6 Å². The molecule has 2 atom stereocenters. The van der Waals surface area contributed by atoms with Gasteiger partial charge in [-0.3, -0.25) is 19.8 Å². The van der Waals surface area contributed by atoms with E-state index >= 15 is 0 Å². The van der Waals surface area contributed by atoms with Crippen LogP contribution in [0, 0.1) is 10.1 Å². The van der Waals surface area contributed by atoms with E-state index in [0.717, 1.165) is 5.56 Å². The first-order valence-electron chi connectivity index (χ1n) is 6.44. The van der Waals surface area contributed by atoms with Crippen molar-refractivity contribution < 1.29 is 14.8 Å². The Kier molecular flexibility index (Phi) is 4.31. The predicted octanol–water partition coefficient (Wildman–Crippen LogP) is 1.01. The Morgan fingerprint density at radius 2 is 2.35 bits per heavy atom. The zero-order valence-corrected chi connectivity index (χ0v) is 11.2. The van der Waals surface area contributed by atoms with E-state index in [1.54, 1.807) is 12.1 Å². The highest BCUT2D eigenvalue weighted by atomic mass is 16.6. The lowest BCUT2D eigenvalue weighted by molar-refractivity contribution is -0.385. The van der Waals surface area contributed by atoms with Crippen LogP contribution in [0.25, 0.3) is 0 Å². The third-order valence-corrected chi connectivity index (χ3v) is 3.63. The van der Waals surface area contributed by atoms with Gasteiger partial charge in [0.25, 0.3) is 5.69 Å². The molecule has 1 heterocycles. The van der Waals surface area contributed by atoms with E-state index in [2.05, 4.69) is 5.32 Å². The van der Waals surface area contributed by atoms with Crippen LogP contribution >= 0.6 is 0 Å². The summed E-state index contributed by atoms with van der Waals surface area (Å²) in [6.07, 6.45) is 0. The summed E-state index contributed by atoms with van der Waals surface area (Å²) in [5.41, 5.74) is 0.781. The van der Waals surface area contributed by atoms with E-state index in [-0.39, 0.29) is 11.7 Å². The summed E-state index contributed by atoms with van der Waals surface area (Å²) >= 11 is 0. The molecule has 1 fully saturated rings. The third-order valence-electron chi connectivity index (χ3n) is 3.63. The zero-order chi connectivity index (χ0) is 14.7. The molecule has 0 bridgehead atoms. The number of non-ortho nitro benzene ring substituents is 1. The number of hydrogen-bond acceptors (Lipinski definition) is 5. The van der Waals surface area contributed by atoms with Gasteiger partial charge in [-0.25, -0.2) is 0 Å². The Balaban J connectivity index is 2.24. The maximum atomic E-state index is 11.3. The summed E-state index contributed by atoms with van der Waals surface area (Å²) in [5, 5.41) is 23.1. The Morgan fingerprint density at radius 3 is 3.00 bits per heavy atom. The number of nitrogens with one attached hydrogen (secondary N) is 1. The summed E-state index contributed by atoms with van der Waals surface area (Å²) in [5.74, 6) is -0.880. The van der Waals surface area contributed by atoms with Crippen molar-refractivity contribution in [1.29, 1.82) is 0 Å². The van der Waals surface area contributed by atoms with E-state index in [1.807, 2.05) is 11.8 Å². The smallest absolute Gasteiger partial charge is 0.322 e. The highest BCUT2D eigenvalue weighted by molar-refractivity contribution is 5.74. The molecule has 7 nitrogen and oxygen atoms in total. The molecule has 1 aliphatic rings. The van der Waals surface area contributed by atoms with Gasteiger partial charge in [-0.1, -0.05) is 12.1 Å². The van der Waals surface area contributed by atoms with E-state index in [1.165, 1.54) is 12.1 Å². The number of piperazine rings is 1. The first kappa shape index (κ1) is 14.4. The van der Waals surface area contributed by atoms with Crippen LogP contribution in [0.1, 0.15) is 18.5 Å². The molecule has 0 spiro atoms. The normalized spacial score (nSPS) is 21.4. The molecule has 7 heteroatoms. The number of hydrogen-bond donors (Lipinski definition) is 2. The monoisotopic (exact) mass is 279 g/mol. The van der Waals surface area contributed by atoms with Gasteiger partial charge in [0.05, 0.1) is 4.92 Å². The lowest BCUT2D eigenvalue weighted by atomic mass is 10.0. The second kappa shape index (κ2) is 5.98. The van der Waals surface area contributed by atoms with Gasteiger partial charge in [0.2, 0.25) is 0 Å². The molecule has 0 amide bonds. The van der Waals surface area contributed by atoms with Crippen molar-refractivity contribution in [2.45, 2.75) is 19.0 Å². The lowest BCUT2D eigenvalue weighted by Crippen LogP contribution is -2.55. The average molecular weight is 279 g/mol. The van der Waals surface area contributed by atoms with Crippen molar-refractivity contribution >= 4 is 11.7 Å². The second-order valence-electron chi connectivity index (χ2n) is 4.82. The summed E-state index contributed by atoms with van der Waals surface area (Å²) in [4.78, 5) is 23.5. The summed E-state index contributed by atoms with van der Waals surface area (Å²) in [7, 11) is 0. The van der Waals surface area contributed by atoms with Crippen LogP contribution in [0.3, 0.4) is 0 Å². The maximum Gasteiger partial charge on any atom is 0.322 e. The minimum absolute atomic E-state index is 0.0244. The van der Waals surface area contributed by atoms with E-state index < -0.39 is 16.9 Å². The predicted molar refractivity (Wildman–Crippen MR) is 72.5 cm³/mol. The Morgan fingerprint density at radius 1 is 1.60 bits per heavy atom. The summed E-state index contributed by atoms with van der Waals surface area (Å²) in [6, 6.07) is 5.56. The number of benzene rings is 1. The van der Waals surface area contributed by atoms with Crippen LogP contribution in [0.2, 0.25) is 0 Å². The number of nitrogens with zero attached hydrogens (tertiary/aromatic N) is 2. The molecule has 0 aromatic heterocycles. The van der Waals surface area contributed by atoms with Gasteiger partial charge >= 0.3 is 5.97 Å². The van der Waals surface area contributed by atoms with Crippen LogP contribution in [-0.4, -0.2) is 46.6 Å². The number of carboxylic acids is 1. The van der Waals surface area contributed by atoms with Crippen molar-refractivity contribution in [3.05, 3.63) is 39.9 Å². The lowest BCUT2D eigenvalue weighted by Gasteiger charge is -2.38. The number of carboxylic acid groups (broad SMARTS) is 1. The molecule has 2 rings (SSSR count). The quantitative estimate of drug-likeness (QED) is 0.631. The largest absolute Gasteiger partial charge is 0.480 e. The molecule has 20 heavy (non-hydrogen) atoms. The highest BCUT2D eigenvalue weighted by Crippen LogP contribution is 2.26. The number of aliphatic carboxylic acids is 1. The van der Waals surface area contributed by atoms with E-state index in [9.17, 15) is 20.0 Å². The fourth-order valence-electron chi connectivity index (χ4n) is 2.50. The Hall–Kier alpha value is -1.99. The van der Waals surface area contributed by atoms with Crippen molar-refractivity contribution in [3.8, 4) is 0 Å². The molecule has 1 aromatic rings. The van der Waals surface area contributed by atoms with Crippen LogP contribution in [0.5, 0.6) is 0 Å². The van der Waals surface area contributed by atoms with Gasteiger partial charge in [-0.2, -0.15) is 0 Å². The molecular formula is C13H17N3O4. The van der Waals surface area contributed by atoms with Crippen LogP contribution < -0.4 is 5.32 Å². The molecule has 2 N–H and O–H groups in total. The van der Waals surface area contributed by atoms with Gasteiger partial charge in [-0.05, 0) is 12.5 Å². The first-order valence-corrected chi connectivity index (χ1v) is 6.44. The number of carbonyl (C=O) groups is 1. The van der Waals surface area contributed by atoms with Gasteiger partial charge in [-0.15, -0.1) is 0 Å². The van der Waals surface area contributed by atoms with Gasteiger partial charge < -0.3 is 10.4 Å². The van der Waals surface area contributed by atoms with Crippen molar-refractivity contribution in [3.63, 3.8) is 0 Å². The Bertz CT molecular complexity index is 520. The van der Waals surface area contributed by atoms with Crippen molar-refractivity contribution in [1.82, 2.24) is 10.2 Å². The van der Waals surface area contributed by atoms with Gasteiger partial charge in [0.15, 0.2) is 0 Å². The highest BCUT2D eigenvalue weighted by Gasteiger charge is 2.32. The SMILES string of the molecule is CC(c1cccc([N+](=O)[O-])c1)N1CCNCC1C(=O)O. The van der Waals surface area contributed by atoms with Crippen LogP contribution in [0.4, 0.5) is 5.69 Å². The molecule has 1 aromatic carbocycles. The van der Waals surface area contributed by atoms with Crippen LogP contribution in [0.15, 0.2) is 24.3 Å². The molecule has 1 aliphatic heterocycles. The molecule has 2 unspecified atom stereocenters. The molecule has 0 radical (unpaired) electrons. The van der Waals surface area contributed by atoms with Gasteiger partial charge in [0, 0.05) is 37.8 Å². The minimum atomic E-state index is -0.880. The fraction of sp³-hybridized carbons (Fsp3) is 0.462. The van der Waals surface area contributed by atoms with Gasteiger partial charge in [0.1, 0.15) is 6.04 Å². The van der Waals surface area contributed by atoms with E-state index in [0.29, 0.717) is 19.6 Å². The number of nitro benzene ring substituents is 1. The topological polar surface area (TPSA) is 95.7 Å². The molecular weight excluding hydrogens is 262 g/mol. The standard InChI is InChI=1S/C13H17N3O4/c1-9(10-3-2-4-11(7-10)16(19)20)15-6-5-14-8-12(15)13(17)18/h2-4,7,9,12,14H,5-6,8H2,1H3,(H,17,18). The zero-order valence-electron chi connectivity index (χ0n) is 11.2. The molecule has 108 valence electrons. The molecule has 1 saturated heterocycles. The number of rotatable bonds is 4. The second-order valence-corrected chi connectivity index (χ2v) is 4.82. The first-order chi connectivity index (χ1) is 9.50. The minimum Gasteiger partial charge on any atom is -0.480 e. The fourth-order valence-corrected chi connectivity index (χ4v) is 2.50.